The number of para-hydroxylation sites is 2. The molecule has 31 heavy (non-hydrogen) atoms. The number of benzene rings is 2. The van der Waals surface area contributed by atoms with Gasteiger partial charge < -0.3 is 20.1 Å². The lowest BCUT2D eigenvalue weighted by Crippen LogP contribution is -2.31. The van der Waals surface area contributed by atoms with Crippen LogP contribution in [0.5, 0.6) is 17.2 Å². The molecule has 0 aliphatic heterocycles. The van der Waals surface area contributed by atoms with E-state index < -0.39 is 0 Å². The van der Waals surface area contributed by atoms with Gasteiger partial charge in [0, 0.05) is 24.3 Å². The summed E-state index contributed by atoms with van der Waals surface area (Å²) in [7, 11) is 3.09. The van der Waals surface area contributed by atoms with Crippen LogP contribution < -0.4 is 25.7 Å². The number of carbonyl (C=O) groups excluding carboxylic acids is 1. The number of hydrogen-bond donors (Lipinski definition) is 2. The van der Waals surface area contributed by atoms with Crippen LogP contribution in [0.25, 0.3) is 0 Å². The lowest BCUT2D eigenvalue weighted by molar-refractivity contribution is 0.0939. The summed E-state index contributed by atoms with van der Waals surface area (Å²) >= 11 is 0. The van der Waals surface area contributed by atoms with Gasteiger partial charge >= 0.3 is 0 Å². The first-order valence-corrected chi connectivity index (χ1v) is 9.98. The Morgan fingerprint density at radius 2 is 1.87 bits per heavy atom. The van der Waals surface area contributed by atoms with E-state index in [4.69, 9.17) is 9.47 Å². The van der Waals surface area contributed by atoms with Gasteiger partial charge in [0.15, 0.2) is 22.9 Å². The molecule has 2 aromatic carbocycles. The standard InChI is InChI=1S/C23H26N4O4/c1-5-15(2)25-22(28)16-9-8-10-17(13-16)26-21-20(14-24-27(3)23(21)29)31-19-12-7-6-11-18(19)30-4/h6-15,26H,5H2,1-4H3,(H,25,28)/t15-/m0/s1. The maximum atomic E-state index is 12.8. The van der Waals surface area contributed by atoms with Crippen LogP contribution in [0, 0.1) is 0 Å². The fourth-order valence-electron chi connectivity index (χ4n) is 2.83. The van der Waals surface area contributed by atoms with Gasteiger partial charge in [0.2, 0.25) is 0 Å². The second-order valence-electron chi connectivity index (χ2n) is 7.05. The van der Waals surface area contributed by atoms with E-state index in [1.807, 2.05) is 19.9 Å². The number of carbonyl (C=O) groups is 1. The minimum atomic E-state index is -0.373. The molecule has 3 rings (SSSR count). The summed E-state index contributed by atoms with van der Waals surface area (Å²) in [5, 5.41) is 10.1. The van der Waals surface area contributed by atoms with E-state index in [1.54, 1.807) is 56.6 Å². The van der Waals surface area contributed by atoms with Crippen molar-refractivity contribution in [1.82, 2.24) is 15.1 Å². The third-order valence-electron chi connectivity index (χ3n) is 4.78. The van der Waals surface area contributed by atoms with Crippen molar-refractivity contribution in [2.45, 2.75) is 26.3 Å². The molecule has 0 aliphatic rings. The van der Waals surface area contributed by atoms with E-state index in [0.717, 1.165) is 6.42 Å². The number of hydrogen-bond acceptors (Lipinski definition) is 6. The van der Waals surface area contributed by atoms with Gasteiger partial charge in [-0.25, -0.2) is 4.68 Å². The molecule has 1 amide bonds. The maximum absolute atomic E-state index is 12.8. The van der Waals surface area contributed by atoms with E-state index in [0.29, 0.717) is 22.7 Å². The molecule has 0 saturated heterocycles. The van der Waals surface area contributed by atoms with Crippen LogP contribution in [0.3, 0.4) is 0 Å². The quantitative estimate of drug-likeness (QED) is 0.573. The number of anilines is 2. The van der Waals surface area contributed by atoms with Gasteiger partial charge in [-0.1, -0.05) is 25.1 Å². The molecule has 1 aromatic heterocycles. The Kier molecular flexibility index (Phi) is 6.92. The molecule has 0 bridgehead atoms. The van der Waals surface area contributed by atoms with Crippen LogP contribution in [0.2, 0.25) is 0 Å². The number of nitrogens with zero attached hydrogens (tertiary/aromatic N) is 2. The predicted octanol–water partition coefficient (Wildman–Crippen LogP) is 3.85. The Hall–Kier alpha value is -3.81. The van der Waals surface area contributed by atoms with E-state index in [-0.39, 0.29) is 28.9 Å². The highest BCUT2D eigenvalue weighted by molar-refractivity contribution is 5.95. The van der Waals surface area contributed by atoms with Gasteiger partial charge in [0.1, 0.15) is 0 Å². The molecule has 1 heterocycles. The number of rotatable bonds is 8. The highest BCUT2D eigenvalue weighted by Crippen LogP contribution is 2.34. The summed E-state index contributed by atoms with van der Waals surface area (Å²) in [4.78, 5) is 25.3. The Morgan fingerprint density at radius 3 is 2.58 bits per heavy atom. The summed E-state index contributed by atoms with van der Waals surface area (Å²) in [6.07, 6.45) is 2.29. The SMILES string of the molecule is CC[C@H](C)NC(=O)c1cccc(Nc2c(Oc3ccccc3OC)cnn(C)c2=O)c1. The van der Waals surface area contributed by atoms with Gasteiger partial charge in [0.05, 0.1) is 13.3 Å². The highest BCUT2D eigenvalue weighted by Gasteiger charge is 2.16. The van der Waals surface area contributed by atoms with Crippen molar-refractivity contribution < 1.29 is 14.3 Å². The molecule has 0 aliphatic carbocycles. The molecule has 8 nitrogen and oxygen atoms in total. The van der Waals surface area contributed by atoms with Gasteiger partial charge in [-0.3, -0.25) is 9.59 Å². The molecule has 0 saturated carbocycles. The molecule has 0 fully saturated rings. The predicted molar refractivity (Wildman–Crippen MR) is 119 cm³/mol. The van der Waals surface area contributed by atoms with Crippen LogP contribution in [0.4, 0.5) is 11.4 Å². The topological polar surface area (TPSA) is 94.5 Å². The van der Waals surface area contributed by atoms with E-state index in [9.17, 15) is 9.59 Å². The third-order valence-corrected chi connectivity index (χ3v) is 4.78. The Labute approximate surface area is 180 Å². The molecule has 162 valence electrons. The lowest BCUT2D eigenvalue weighted by atomic mass is 10.1. The molecule has 2 N–H and O–H groups in total. The number of methoxy groups -OCH3 is 1. The number of aryl methyl sites for hydroxylation is 1. The van der Waals surface area contributed by atoms with Crippen LogP contribution >= 0.6 is 0 Å². The monoisotopic (exact) mass is 422 g/mol. The average Bonchev–Trinajstić information content (AvgIpc) is 2.79. The number of amides is 1. The maximum Gasteiger partial charge on any atom is 0.294 e. The van der Waals surface area contributed by atoms with E-state index in [1.165, 1.54) is 10.9 Å². The summed E-state index contributed by atoms with van der Waals surface area (Å²) in [6.45, 7) is 3.95. The molecule has 3 aromatic rings. The minimum absolute atomic E-state index is 0.0671. The smallest absolute Gasteiger partial charge is 0.294 e. The van der Waals surface area contributed by atoms with Gasteiger partial charge in [-0.2, -0.15) is 5.10 Å². The third kappa shape index (κ3) is 5.22. The fourth-order valence-corrected chi connectivity index (χ4v) is 2.83. The molecule has 0 radical (unpaired) electrons. The Bertz CT molecular complexity index is 1130. The highest BCUT2D eigenvalue weighted by atomic mass is 16.5. The minimum Gasteiger partial charge on any atom is -0.493 e. The molecule has 8 heteroatoms. The van der Waals surface area contributed by atoms with E-state index in [2.05, 4.69) is 15.7 Å². The zero-order valence-electron chi connectivity index (χ0n) is 18.0. The van der Waals surface area contributed by atoms with Gasteiger partial charge in [0.25, 0.3) is 11.5 Å². The summed E-state index contributed by atoms with van der Waals surface area (Å²) in [6, 6.07) is 14.1. The Balaban J connectivity index is 1.93. The van der Waals surface area contributed by atoms with Crippen molar-refractivity contribution in [2.24, 2.45) is 7.05 Å². The fraction of sp³-hybridized carbons (Fsp3) is 0.261. The number of nitrogens with one attached hydrogen (secondary N) is 2. The van der Waals surface area contributed by atoms with Crippen molar-refractivity contribution in [3.05, 3.63) is 70.6 Å². The summed E-state index contributed by atoms with van der Waals surface area (Å²) < 4.78 is 12.5. The van der Waals surface area contributed by atoms with Crippen molar-refractivity contribution in [3.8, 4) is 17.2 Å². The van der Waals surface area contributed by atoms with Crippen LogP contribution in [-0.4, -0.2) is 28.8 Å². The molecular weight excluding hydrogens is 396 g/mol. The second-order valence-corrected chi connectivity index (χ2v) is 7.05. The van der Waals surface area contributed by atoms with Crippen molar-refractivity contribution in [3.63, 3.8) is 0 Å². The number of ether oxygens (including phenoxy) is 2. The largest absolute Gasteiger partial charge is 0.493 e. The number of aromatic nitrogens is 2. The molecule has 1 atom stereocenters. The molecular formula is C23H26N4O4. The summed E-state index contributed by atoms with van der Waals surface area (Å²) in [5.41, 5.74) is 0.887. The lowest BCUT2D eigenvalue weighted by Gasteiger charge is -2.15. The summed E-state index contributed by atoms with van der Waals surface area (Å²) in [5.74, 6) is 1.04. The van der Waals surface area contributed by atoms with Gasteiger partial charge in [-0.15, -0.1) is 0 Å². The molecule has 0 unspecified atom stereocenters. The first-order valence-electron chi connectivity index (χ1n) is 9.98. The van der Waals surface area contributed by atoms with Crippen molar-refractivity contribution in [1.29, 1.82) is 0 Å². The molecule has 0 spiro atoms. The normalized spacial score (nSPS) is 11.5. The van der Waals surface area contributed by atoms with Crippen LogP contribution in [0.1, 0.15) is 30.6 Å². The zero-order chi connectivity index (χ0) is 22.4. The second kappa shape index (κ2) is 9.80. The average molecular weight is 422 g/mol. The first-order chi connectivity index (χ1) is 14.9. The Morgan fingerprint density at radius 1 is 1.13 bits per heavy atom. The first kappa shape index (κ1) is 21.9. The van der Waals surface area contributed by atoms with Crippen molar-refractivity contribution >= 4 is 17.3 Å². The van der Waals surface area contributed by atoms with Crippen molar-refractivity contribution in [2.75, 3.05) is 12.4 Å². The van der Waals surface area contributed by atoms with Crippen LogP contribution in [0.15, 0.2) is 59.5 Å². The van der Waals surface area contributed by atoms with Gasteiger partial charge in [-0.05, 0) is 43.7 Å². The van der Waals surface area contributed by atoms with Crippen LogP contribution in [-0.2, 0) is 7.05 Å². The zero-order valence-corrected chi connectivity index (χ0v) is 18.0. The van der Waals surface area contributed by atoms with E-state index >= 15 is 0 Å².